The Balaban J connectivity index is 1.12. The first-order chi connectivity index (χ1) is 17.7. The van der Waals surface area contributed by atoms with Crippen molar-refractivity contribution in [2.45, 2.75) is 54.8 Å². The monoisotopic (exact) mass is 556 g/mol. The fourth-order valence-corrected chi connectivity index (χ4v) is 5.78. The van der Waals surface area contributed by atoms with Crippen LogP contribution in [0, 0.1) is 0 Å². The number of benzene rings is 2. The van der Waals surface area contributed by atoms with E-state index in [1.165, 1.54) is 17.8 Å². The Morgan fingerprint density at radius 2 is 1.65 bits per heavy atom. The van der Waals surface area contributed by atoms with Crippen LogP contribution < -0.4 is 10.2 Å². The SMILES string of the molecule is OC(CCCN1CCCN(c2ccc(Cl)cc2)CC1)N1CCC(Nc2ccc(SC(F)(F)F)cc2)CC1. The normalized spacial score (nSPS) is 19.5. The highest BCUT2D eigenvalue weighted by atomic mass is 35.5. The predicted molar refractivity (Wildman–Crippen MR) is 147 cm³/mol. The third kappa shape index (κ3) is 9.25. The number of anilines is 2. The van der Waals surface area contributed by atoms with E-state index in [1.54, 1.807) is 12.1 Å². The Bertz CT molecular complexity index is 956. The number of alkyl halides is 3. The number of piperidine rings is 1. The van der Waals surface area contributed by atoms with Crippen LogP contribution in [-0.4, -0.2) is 78.5 Å². The van der Waals surface area contributed by atoms with E-state index >= 15 is 0 Å². The Kier molecular flexibility index (Phi) is 10.3. The first-order valence-corrected chi connectivity index (χ1v) is 14.2. The van der Waals surface area contributed by atoms with Gasteiger partial charge in [0.2, 0.25) is 0 Å². The van der Waals surface area contributed by atoms with E-state index < -0.39 is 11.7 Å². The zero-order chi connectivity index (χ0) is 26.3. The lowest BCUT2D eigenvalue weighted by Crippen LogP contribution is -2.44. The van der Waals surface area contributed by atoms with Gasteiger partial charge in [-0.05, 0) is 105 Å². The van der Waals surface area contributed by atoms with E-state index in [-0.39, 0.29) is 22.7 Å². The van der Waals surface area contributed by atoms with Crippen molar-refractivity contribution < 1.29 is 18.3 Å². The van der Waals surface area contributed by atoms with Crippen molar-refractivity contribution in [3.05, 3.63) is 53.6 Å². The standard InChI is InChI=1S/C27H36ClF3N4OS/c28-21-4-8-24(9-5-21)34-16-2-15-33(19-20-34)14-1-3-26(36)35-17-12-23(13-18-35)32-22-6-10-25(11-7-22)37-27(29,30)31/h4-11,23,26,32,36H,1-3,12-20H2. The molecule has 0 bridgehead atoms. The molecule has 0 saturated carbocycles. The molecular weight excluding hydrogens is 521 g/mol. The van der Waals surface area contributed by atoms with Crippen molar-refractivity contribution in [1.29, 1.82) is 0 Å². The molecule has 0 aliphatic carbocycles. The van der Waals surface area contributed by atoms with Crippen LogP contribution in [-0.2, 0) is 0 Å². The second-order valence-electron chi connectivity index (χ2n) is 9.81. The van der Waals surface area contributed by atoms with Gasteiger partial charge in [-0.1, -0.05) is 11.6 Å². The summed E-state index contributed by atoms with van der Waals surface area (Å²) in [5.41, 5.74) is -2.22. The molecule has 37 heavy (non-hydrogen) atoms. The molecule has 1 unspecified atom stereocenters. The maximum absolute atomic E-state index is 12.5. The molecule has 2 N–H and O–H groups in total. The minimum absolute atomic E-state index is 0.0965. The molecule has 204 valence electrons. The molecule has 4 rings (SSSR count). The number of aliphatic hydroxyl groups is 1. The molecular formula is C27H36ClF3N4OS. The van der Waals surface area contributed by atoms with Gasteiger partial charge in [0.25, 0.3) is 0 Å². The zero-order valence-electron chi connectivity index (χ0n) is 21.0. The van der Waals surface area contributed by atoms with Crippen molar-refractivity contribution in [2.75, 3.05) is 56.0 Å². The van der Waals surface area contributed by atoms with Crippen molar-refractivity contribution in [3.63, 3.8) is 0 Å². The number of hydrogen-bond acceptors (Lipinski definition) is 6. The number of hydrogen-bond donors (Lipinski definition) is 2. The third-order valence-electron chi connectivity index (χ3n) is 7.13. The quantitative estimate of drug-likeness (QED) is 0.362. The van der Waals surface area contributed by atoms with Crippen molar-refractivity contribution in [2.24, 2.45) is 0 Å². The maximum atomic E-state index is 12.5. The lowest BCUT2D eigenvalue weighted by Gasteiger charge is -2.36. The number of halogens is 4. The van der Waals surface area contributed by atoms with E-state index in [4.69, 9.17) is 11.6 Å². The van der Waals surface area contributed by atoms with Crippen LogP contribution in [0.2, 0.25) is 5.02 Å². The van der Waals surface area contributed by atoms with Gasteiger partial charge in [0.1, 0.15) is 6.23 Å². The van der Waals surface area contributed by atoms with Crippen LogP contribution in [0.3, 0.4) is 0 Å². The van der Waals surface area contributed by atoms with E-state index in [0.717, 1.165) is 88.6 Å². The summed E-state index contributed by atoms with van der Waals surface area (Å²) in [5.74, 6) is 0. The first kappa shape index (κ1) is 28.4. The first-order valence-electron chi connectivity index (χ1n) is 13.0. The van der Waals surface area contributed by atoms with Crippen molar-refractivity contribution >= 4 is 34.7 Å². The van der Waals surface area contributed by atoms with Crippen LogP contribution in [0.5, 0.6) is 0 Å². The van der Waals surface area contributed by atoms with Gasteiger partial charge in [-0.2, -0.15) is 13.2 Å². The van der Waals surface area contributed by atoms with Gasteiger partial charge in [-0.25, -0.2) is 0 Å². The van der Waals surface area contributed by atoms with E-state index in [9.17, 15) is 18.3 Å². The molecule has 2 aliphatic heterocycles. The van der Waals surface area contributed by atoms with Crippen molar-refractivity contribution in [3.8, 4) is 0 Å². The summed E-state index contributed by atoms with van der Waals surface area (Å²) in [6, 6.07) is 14.7. The number of thioether (sulfide) groups is 1. The molecule has 2 fully saturated rings. The lowest BCUT2D eigenvalue weighted by molar-refractivity contribution is -0.0328. The Hall–Kier alpha value is -1.65. The van der Waals surface area contributed by atoms with Gasteiger partial charge in [0.15, 0.2) is 0 Å². The number of aliphatic hydroxyl groups excluding tert-OH is 1. The summed E-state index contributed by atoms with van der Waals surface area (Å²) in [7, 11) is 0. The molecule has 2 aromatic carbocycles. The summed E-state index contributed by atoms with van der Waals surface area (Å²) in [6.45, 7) is 6.74. The van der Waals surface area contributed by atoms with Crippen LogP contribution in [0.4, 0.5) is 24.5 Å². The number of nitrogens with zero attached hydrogens (tertiary/aromatic N) is 3. The number of rotatable bonds is 9. The van der Waals surface area contributed by atoms with E-state index in [0.29, 0.717) is 0 Å². The van der Waals surface area contributed by atoms with Gasteiger partial charge in [0.05, 0.1) is 0 Å². The van der Waals surface area contributed by atoms with E-state index in [1.807, 2.05) is 12.1 Å². The molecule has 2 aliphatic rings. The largest absolute Gasteiger partial charge is 0.446 e. The highest BCUT2D eigenvalue weighted by Crippen LogP contribution is 2.37. The fraction of sp³-hybridized carbons (Fsp3) is 0.556. The average molecular weight is 557 g/mol. The Morgan fingerprint density at radius 3 is 2.32 bits per heavy atom. The Labute approximate surface area is 226 Å². The molecule has 1 atom stereocenters. The number of nitrogens with one attached hydrogen (secondary N) is 1. The second kappa shape index (κ2) is 13.4. The average Bonchev–Trinajstić information content (AvgIpc) is 3.11. The minimum Gasteiger partial charge on any atom is -0.382 e. The van der Waals surface area contributed by atoms with Gasteiger partial charge in [-0.3, -0.25) is 4.90 Å². The predicted octanol–water partition coefficient (Wildman–Crippen LogP) is 6.14. The molecule has 10 heteroatoms. The molecule has 0 radical (unpaired) electrons. The molecule has 0 spiro atoms. The fourth-order valence-electron chi connectivity index (χ4n) is 5.12. The van der Waals surface area contributed by atoms with Crippen LogP contribution in [0.1, 0.15) is 32.1 Å². The minimum atomic E-state index is -4.27. The second-order valence-corrected chi connectivity index (χ2v) is 11.4. The molecule has 2 heterocycles. The van der Waals surface area contributed by atoms with Gasteiger partial charge in [-0.15, -0.1) is 0 Å². The van der Waals surface area contributed by atoms with Crippen molar-refractivity contribution in [1.82, 2.24) is 9.80 Å². The molecule has 0 amide bonds. The summed E-state index contributed by atoms with van der Waals surface area (Å²) < 4.78 is 37.5. The topological polar surface area (TPSA) is 42.0 Å². The number of likely N-dealkylation sites (tertiary alicyclic amines) is 1. The van der Waals surface area contributed by atoms with Gasteiger partial charge in [0, 0.05) is 60.1 Å². The molecule has 0 aromatic heterocycles. The Morgan fingerprint density at radius 1 is 0.946 bits per heavy atom. The van der Waals surface area contributed by atoms with Crippen LogP contribution in [0.15, 0.2) is 53.4 Å². The van der Waals surface area contributed by atoms with Crippen LogP contribution >= 0.6 is 23.4 Å². The van der Waals surface area contributed by atoms with E-state index in [2.05, 4.69) is 32.1 Å². The molecule has 5 nitrogen and oxygen atoms in total. The highest BCUT2D eigenvalue weighted by Gasteiger charge is 2.29. The lowest BCUT2D eigenvalue weighted by atomic mass is 10.0. The van der Waals surface area contributed by atoms with Gasteiger partial charge < -0.3 is 20.2 Å². The van der Waals surface area contributed by atoms with Gasteiger partial charge >= 0.3 is 5.51 Å². The summed E-state index contributed by atoms with van der Waals surface area (Å²) in [4.78, 5) is 7.25. The summed E-state index contributed by atoms with van der Waals surface area (Å²) in [6.07, 6.45) is 4.19. The maximum Gasteiger partial charge on any atom is 0.446 e. The molecule has 2 saturated heterocycles. The van der Waals surface area contributed by atoms with Crippen LogP contribution in [0.25, 0.3) is 0 Å². The summed E-state index contributed by atoms with van der Waals surface area (Å²) in [5, 5.41) is 14.9. The highest BCUT2D eigenvalue weighted by molar-refractivity contribution is 8.00. The third-order valence-corrected chi connectivity index (χ3v) is 8.12. The molecule has 2 aromatic rings. The summed E-state index contributed by atoms with van der Waals surface area (Å²) >= 11 is 5.93. The zero-order valence-corrected chi connectivity index (χ0v) is 22.5. The smallest absolute Gasteiger partial charge is 0.382 e.